The highest BCUT2D eigenvalue weighted by Crippen LogP contribution is 2.19. The quantitative estimate of drug-likeness (QED) is 0.822. The Morgan fingerprint density at radius 1 is 1.39 bits per heavy atom. The molecule has 1 rings (SSSR count). The van der Waals surface area contributed by atoms with E-state index in [9.17, 15) is 9.59 Å². The predicted octanol–water partition coefficient (Wildman–Crippen LogP) is 1.82. The zero-order valence-electron chi connectivity index (χ0n) is 10.3. The first-order valence-electron chi connectivity index (χ1n) is 5.52. The van der Waals surface area contributed by atoms with Gasteiger partial charge in [-0.2, -0.15) is 5.26 Å². The first-order valence-corrected chi connectivity index (χ1v) is 5.52. The van der Waals surface area contributed by atoms with Crippen molar-refractivity contribution in [3.63, 3.8) is 0 Å². The standard InChI is InChI=1S/C13H14N2O3/c1-3-18-13(17)12(8-14)10-4-6-11(7-5-10)15-9(2)16/h4-7,12H,3H2,1-2H3,(H,15,16). The molecule has 0 saturated heterocycles. The van der Waals surface area contributed by atoms with Crippen molar-refractivity contribution in [1.82, 2.24) is 0 Å². The Morgan fingerprint density at radius 3 is 2.44 bits per heavy atom. The van der Waals surface area contributed by atoms with Gasteiger partial charge in [0.05, 0.1) is 12.7 Å². The molecular formula is C13H14N2O3. The summed E-state index contributed by atoms with van der Waals surface area (Å²) in [5, 5.41) is 11.6. The molecule has 0 aliphatic rings. The maximum absolute atomic E-state index is 11.5. The lowest BCUT2D eigenvalue weighted by molar-refractivity contribution is -0.143. The Hall–Kier alpha value is -2.35. The molecule has 94 valence electrons. The van der Waals surface area contributed by atoms with Crippen LogP contribution in [0.1, 0.15) is 25.3 Å². The fourth-order valence-electron chi connectivity index (χ4n) is 1.45. The van der Waals surface area contributed by atoms with Gasteiger partial charge in [0, 0.05) is 12.6 Å². The van der Waals surface area contributed by atoms with E-state index in [1.807, 2.05) is 6.07 Å². The predicted molar refractivity (Wildman–Crippen MR) is 65.7 cm³/mol. The number of hydrogen-bond acceptors (Lipinski definition) is 4. The van der Waals surface area contributed by atoms with Crippen LogP contribution in [0.15, 0.2) is 24.3 Å². The minimum absolute atomic E-state index is 0.176. The van der Waals surface area contributed by atoms with Crippen molar-refractivity contribution < 1.29 is 14.3 Å². The van der Waals surface area contributed by atoms with Gasteiger partial charge in [0.2, 0.25) is 5.91 Å². The third-order valence-electron chi connectivity index (χ3n) is 2.22. The summed E-state index contributed by atoms with van der Waals surface area (Å²) in [5.74, 6) is -1.67. The maximum Gasteiger partial charge on any atom is 0.327 e. The Kier molecular flexibility index (Phi) is 4.88. The molecule has 0 saturated carbocycles. The van der Waals surface area contributed by atoms with E-state index >= 15 is 0 Å². The second-order valence-electron chi connectivity index (χ2n) is 3.62. The molecule has 0 aromatic heterocycles. The minimum Gasteiger partial charge on any atom is -0.465 e. The molecule has 0 aliphatic carbocycles. The van der Waals surface area contributed by atoms with E-state index in [1.54, 1.807) is 31.2 Å². The molecule has 1 amide bonds. The minimum atomic E-state index is -0.934. The molecule has 5 heteroatoms. The molecule has 0 heterocycles. The molecule has 1 N–H and O–H groups in total. The second-order valence-corrected chi connectivity index (χ2v) is 3.62. The van der Waals surface area contributed by atoms with Crippen LogP contribution in [0.4, 0.5) is 5.69 Å². The van der Waals surface area contributed by atoms with Gasteiger partial charge in [-0.05, 0) is 24.6 Å². The zero-order valence-corrected chi connectivity index (χ0v) is 10.3. The van der Waals surface area contributed by atoms with E-state index in [-0.39, 0.29) is 12.5 Å². The number of nitriles is 1. The molecule has 0 aliphatic heterocycles. The molecule has 0 bridgehead atoms. The highest BCUT2D eigenvalue weighted by molar-refractivity contribution is 5.88. The highest BCUT2D eigenvalue weighted by Gasteiger charge is 2.21. The van der Waals surface area contributed by atoms with Crippen molar-refractivity contribution in [1.29, 1.82) is 5.26 Å². The normalized spacial score (nSPS) is 11.2. The average molecular weight is 246 g/mol. The van der Waals surface area contributed by atoms with E-state index in [0.29, 0.717) is 11.3 Å². The summed E-state index contributed by atoms with van der Waals surface area (Å²) in [6.07, 6.45) is 0. The number of nitrogens with zero attached hydrogens (tertiary/aromatic N) is 1. The molecule has 18 heavy (non-hydrogen) atoms. The van der Waals surface area contributed by atoms with Crippen molar-refractivity contribution >= 4 is 17.6 Å². The molecule has 1 atom stereocenters. The van der Waals surface area contributed by atoms with Gasteiger partial charge in [0.25, 0.3) is 0 Å². The number of hydrogen-bond donors (Lipinski definition) is 1. The highest BCUT2D eigenvalue weighted by atomic mass is 16.5. The van der Waals surface area contributed by atoms with E-state index in [2.05, 4.69) is 5.32 Å². The summed E-state index contributed by atoms with van der Waals surface area (Å²) in [5.41, 5.74) is 1.16. The molecule has 1 aromatic rings. The molecule has 1 unspecified atom stereocenters. The lowest BCUT2D eigenvalue weighted by atomic mass is 10.0. The fraction of sp³-hybridized carbons (Fsp3) is 0.308. The molecular weight excluding hydrogens is 232 g/mol. The number of amides is 1. The van der Waals surface area contributed by atoms with E-state index in [4.69, 9.17) is 10.00 Å². The number of rotatable bonds is 4. The van der Waals surface area contributed by atoms with Crippen LogP contribution in [0.2, 0.25) is 0 Å². The number of anilines is 1. The van der Waals surface area contributed by atoms with Gasteiger partial charge in [0.1, 0.15) is 0 Å². The number of benzene rings is 1. The zero-order chi connectivity index (χ0) is 13.5. The van der Waals surface area contributed by atoms with Crippen LogP contribution in [0, 0.1) is 11.3 Å². The summed E-state index contributed by atoms with van der Waals surface area (Å²) in [6.45, 7) is 3.33. The summed E-state index contributed by atoms with van der Waals surface area (Å²) >= 11 is 0. The number of carbonyl (C=O) groups is 2. The first kappa shape index (κ1) is 13.7. The van der Waals surface area contributed by atoms with Crippen LogP contribution in [0.3, 0.4) is 0 Å². The van der Waals surface area contributed by atoms with Crippen molar-refractivity contribution in [2.75, 3.05) is 11.9 Å². The smallest absolute Gasteiger partial charge is 0.327 e. The molecule has 0 spiro atoms. The Balaban J connectivity index is 2.86. The first-order chi connectivity index (χ1) is 8.58. The Bertz CT molecular complexity index is 474. The summed E-state index contributed by atoms with van der Waals surface area (Å²) in [7, 11) is 0. The van der Waals surface area contributed by atoms with Crippen LogP contribution in [-0.4, -0.2) is 18.5 Å². The summed E-state index contributed by atoms with van der Waals surface area (Å²) in [4.78, 5) is 22.4. The number of ether oxygens (including phenoxy) is 1. The molecule has 5 nitrogen and oxygen atoms in total. The monoisotopic (exact) mass is 246 g/mol. The van der Waals surface area contributed by atoms with Crippen LogP contribution in [-0.2, 0) is 14.3 Å². The van der Waals surface area contributed by atoms with Gasteiger partial charge in [0.15, 0.2) is 5.92 Å². The number of carbonyl (C=O) groups excluding carboxylic acids is 2. The van der Waals surface area contributed by atoms with Crippen molar-refractivity contribution in [3.8, 4) is 6.07 Å². The number of esters is 1. The SMILES string of the molecule is CCOC(=O)C(C#N)c1ccc(NC(C)=O)cc1. The van der Waals surface area contributed by atoms with Crippen LogP contribution in [0.25, 0.3) is 0 Å². The van der Waals surface area contributed by atoms with Crippen molar-refractivity contribution in [2.45, 2.75) is 19.8 Å². The topological polar surface area (TPSA) is 79.2 Å². The summed E-state index contributed by atoms with van der Waals surface area (Å²) < 4.78 is 4.81. The van der Waals surface area contributed by atoms with E-state index < -0.39 is 11.9 Å². The summed E-state index contributed by atoms with van der Waals surface area (Å²) in [6, 6.07) is 8.42. The average Bonchev–Trinajstić information content (AvgIpc) is 2.32. The van der Waals surface area contributed by atoms with Gasteiger partial charge in [-0.3, -0.25) is 9.59 Å². The molecule has 1 aromatic carbocycles. The molecule has 0 fully saturated rings. The largest absolute Gasteiger partial charge is 0.465 e. The third kappa shape index (κ3) is 3.59. The van der Waals surface area contributed by atoms with Crippen LogP contribution < -0.4 is 5.32 Å². The van der Waals surface area contributed by atoms with Crippen molar-refractivity contribution in [3.05, 3.63) is 29.8 Å². The molecule has 0 radical (unpaired) electrons. The van der Waals surface area contributed by atoms with Crippen molar-refractivity contribution in [2.24, 2.45) is 0 Å². The van der Waals surface area contributed by atoms with E-state index in [0.717, 1.165) is 0 Å². The maximum atomic E-state index is 11.5. The second kappa shape index (κ2) is 6.40. The van der Waals surface area contributed by atoms with Gasteiger partial charge >= 0.3 is 5.97 Å². The van der Waals surface area contributed by atoms with Gasteiger partial charge in [-0.15, -0.1) is 0 Å². The number of nitrogens with one attached hydrogen (secondary N) is 1. The van der Waals surface area contributed by atoms with Gasteiger partial charge in [-0.1, -0.05) is 12.1 Å². The Labute approximate surface area is 105 Å². The van der Waals surface area contributed by atoms with E-state index in [1.165, 1.54) is 6.92 Å². The lowest BCUT2D eigenvalue weighted by Gasteiger charge is -2.09. The van der Waals surface area contributed by atoms with Crippen LogP contribution in [0.5, 0.6) is 0 Å². The van der Waals surface area contributed by atoms with Crippen LogP contribution >= 0.6 is 0 Å². The fourth-order valence-corrected chi connectivity index (χ4v) is 1.45. The van der Waals surface area contributed by atoms with Gasteiger partial charge in [-0.25, -0.2) is 0 Å². The third-order valence-corrected chi connectivity index (χ3v) is 2.22. The van der Waals surface area contributed by atoms with Gasteiger partial charge < -0.3 is 10.1 Å². The Morgan fingerprint density at radius 2 is 2.00 bits per heavy atom. The lowest BCUT2D eigenvalue weighted by Crippen LogP contribution is -2.14.